The van der Waals surface area contributed by atoms with Crippen LogP contribution in [0.1, 0.15) is 70.8 Å². The van der Waals surface area contributed by atoms with Crippen molar-refractivity contribution in [1.29, 1.82) is 0 Å². The highest BCUT2D eigenvalue weighted by Crippen LogP contribution is 2.12. The number of sulfonamides is 1. The number of hydrogen-bond acceptors (Lipinski definition) is 3. The van der Waals surface area contributed by atoms with Gasteiger partial charge < -0.3 is 0 Å². The third-order valence-electron chi connectivity index (χ3n) is 4.10. The molecule has 1 atom stereocenters. The average Bonchev–Trinajstić information content (AvgIpc) is 2.54. The van der Waals surface area contributed by atoms with E-state index in [9.17, 15) is 8.42 Å². The van der Waals surface area contributed by atoms with E-state index in [0.717, 1.165) is 12.0 Å². The smallest absolute Gasteiger partial charge is 0.200 e. The Kier molecular flexibility index (Phi) is 9.69. The summed E-state index contributed by atoms with van der Waals surface area (Å²) in [5.74, 6) is 0.279. The normalized spacial score (nSPS) is 13.3. The van der Waals surface area contributed by atoms with E-state index in [1.54, 1.807) is 30.5 Å². The van der Waals surface area contributed by atoms with E-state index in [4.69, 9.17) is 0 Å². The molecule has 0 aliphatic carbocycles. The summed E-state index contributed by atoms with van der Waals surface area (Å²) in [6.45, 7) is 6.22. The van der Waals surface area contributed by atoms with Crippen molar-refractivity contribution in [3.8, 4) is 0 Å². The second-order valence-corrected chi connectivity index (χ2v) is 8.23. The molecule has 0 heterocycles. The highest BCUT2D eigenvalue weighted by atomic mass is 32.2. The quantitative estimate of drug-likeness (QED) is 0.325. The number of hydrogen-bond donors (Lipinski definition) is 1. The Balaban J connectivity index is 2.26. The molecule has 136 valence electrons. The van der Waals surface area contributed by atoms with Gasteiger partial charge in [0.25, 0.3) is 10.0 Å². The minimum Gasteiger partial charge on any atom is -0.200 e. The van der Waals surface area contributed by atoms with Crippen molar-refractivity contribution in [3.63, 3.8) is 0 Å². The van der Waals surface area contributed by atoms with Gasteiger partial charge in [-0.15, -0.1) is 0 Å². The Hall–Kier alpha value is -1.36. The summed E-state index contributed by atoms with van der Waals surface area (Å²) in [6, 6.07) is 6.74. The number of rotatable bonds is 12. The van der Waals surface area contributed by atoms with Crippen molar-refractivity contribution >= 4 is 16.2 Å². The van der Waals surface area contributed by atoms with Crippen molar-refractivity contribution in [2.45, 2.75) is 77.0 Å². The predicted molar refractivity (Wildman–Crippen MR) is 102 cm³/mol. The van der Waals surface area contributed by atoms with E-state index in [-0.39, 0.29) is 10.8 Å². The minimum absolute atomic E-state index is 0.241. The maximum Gasteiger partial charge on any atom is 0.276 e. The number of nitrogens with zero attached hydrogens (tertiary/aromatic N) is 1. The fourth-order valence-electron chi connectivity index (χ4n) is 2.50. The Morgan fingerprint density at radius 3 is 2.25 bits per heavy atom. The van der Waals surface area contributed by atoms with Crippen LogP contribution in [0.5, 0.6) is 0 Å². The number of nitrogens with one attached hydrogen (secondary N) is 1. The number of unbranched alkanes of at least 4 members (excludes halogenated alkanes) is 6. The summed E-state index contributed by atoms with van der Waals surface area (Å²) < 4.78 is 24.2. The van der Waals surface area contributed by atoms with Gasteiger partial charge in [-0.05, 0) is 31.4 Å². The summed E-state index contributed by atoms with van der Waals surface area (Å²) in [5, 5.41) is 3.92. The van der Waals surface area contributed by atoms with Crippen LogP contribution in [-0.2, 0) is 10.0 Å². The molecule has 1 rings (SSSR count). The van der Waals surface area contributed by atoms with Crippen LogP contribution in [0, 0.1) is 12.8 Å². The Labute approximate surface area is 147 Å². The van der Waals surface area contributed by atoms with Gasteiger partial charge in [0.15, 0.2) is 0 Å². The summed E-state index contributed by atoms with van der Waals surface area (Å²) in [6.07, 6.45) is 11.7. The maximum atomic E-state index is 12.1. The van der Waals surface area contributed by atoms with Gasteiger partial charge >= 0.3 is 0 Å². The second kappa shape index (κ2) is 11.2. The molecule has 1 N–H and O–H groups in total. The van der Waals surface area contributed by atoms with Gasteiger partial charge in [-0.2, -0.15) is 13.5 Å². The zero-order valence-electron chi connectivity index (χ0n) is 15.3. The first-order valence-electron chi connectivity index (χ1n) is 9.07. The number of benzene rings is 1. The molecule has 1 aromatic carbocycles. The molecular weight excluding hydrogens is 320 g/mol. The van der Waals surface area contributed by atoms with Crippen LogP contribution in [0.4, 0.5) is 0 Å². The molecule has 0 aliphatic heterocycles. The summed E-state index contributed by atoms with van der Waals surface area (Å²) in [4.78, 5) is 2.53. The van der Waals surface area contributed by atoms with Crippen molar-refractivity contribution in [1.82, 2.24) is 4.83 Å². The van der Waals surface area contributed by atoms with Gasteiger partial charge in [0.05, 0.1) is 4.90 Å². The summed E-state index contributed by atoms with van der Waals surface area (Å²) >= 11 is 0. The molecule has 0 aliphatic rings. The third-order valence-corrected chi connectivity index (χ3v) is 5.33. The van der Waals surface area contributed by atoms with Crippen LogP contribution in [0.15, 0.2) is 34.3 Å². The molecule has 24 heavy (non-hydrogen) atoms. The number of hydrazone groups is 1. The van der Waals surface area contributed by atoms with E-state index >= 15 is 0 Å². The van der Waals surface area contributed by atoms with Gasteiger partial charge in [0, 0.05) is 6.21 Å². The Morgan fingerprint density at radius 1 is 1.04 bits per heavy atom. The van der Waals surface area contributed by atoms with Gasteiger partial charge in [0.1, 0.15) is 0 Å². The van der Waals surface area contributed by atoms with E-state index in [1.807, 2.05) is 6.92 Å². The van der Waals surface area contributed by atoms with Crippen molar-refractivity contribution in [2.75, 3.05) is 0 Å². The highest BCUT2D eigenvalue weighted by molar-refractivity contribution is 7.89. The highest BCUT2D eigenvalue weighted by Gasteiger charge is 2.11. The lowest BCUT2D eigenvalue weighted by Gasteiger charge is -2.07. The molecule has 4 nitrogen and oxygen atoms in total. The lowest BCUT2D eigenvalue weighted by molar-refractivity contribution is 0.550. The van der Waals surface area contributed by atoms with Gasteiger partial charge in [-0.25, -0.2) is 4.83 Å². The summed E-state index contributed by atoms with van der Waals surface area (Å²) in [5.41, 5.74) is 1.03. The fourth-order valence-corrected chi connectivity index (χ4v) is 3.29. The first-order valence-corrected chi connectivity index (χ1v) is 10.6. The van der Waals surface area contributed by atoms with Crippen molar-refractivity contribution in [3.05, 3.63) is 29.8 Å². The molecule has 0 saturated carbocycles. The topological polar surface area (TPSA) is 58.5 Å². The lowest BCUT2D eigenvalue weighted by atomic mass is 10.0. The largest absolute Gasteiger partial charge is 0.276 e. The van der Waals surface area contributed by atoms with E-state index in [2.05, 4.69) is 23.8 Å². The standard InChI is InChI=1S/C19H32N2O2S/c1-4-5-6-7-8-9-10-11-18(3)16-20-21-24(22,23)19-14-12-17(2)13-15-19/h12-16,18,21H,4-11H2,1-3H3/b20-16+. The van der Waals surface area contributed by atoms with Crippen LogP contribution in [0.2, 0.25) is 0 Å². The molecule has 5 heteroatoms. The van der Waals surface area contributed by atoms with Gasteiger partial charge in [-0.1, -0.05) is 76.5 Å². The van der Waals surface area contributed by atoms with Crippen molar-refractivity contribution in [2.24, 2.45) is 11.0 Å². The molecule has 0 spiro atoms. The Bertz CT molecular complexity index is 580. The molecule has 0 fully saturated rings. The lowest BCUT2D eigenvalue weighted by Crippen LogP contribution is -2.19. The molecule has 0 bridgehead atoms. The second-order valence-electron chi connectivity index (χ2n) is 6.57. The molecule has 0 aromatic heterocycles. The number of aryl methyl sites for hydroxylation is 1. The third kappa shape index (κ3) is 8.48. The first-order chi connectivity index (χ1) is 11.5. The average molecular weight is 353 g/mol. The molecule has 0 amide bonds. The first kappa shape index (κ1) is 20.7. The van der Waals surface area contributed by atoms with E-state index in [0.29, 0.717) is 0 Å². The molecule has 0 radical (unpaired) electrons. The van der Waals surface area contributed by atoms with Crippen LogP contribution in [0.3, 0.4) is 0 Å². The monoisotopic (exact) mass is 352 g/mol. The van der Waals surface area contributed by atoms with Crippen LogP contribution in [-0.4, -0.2) is 14.6 Å². The van der Waals surface area contributed by atoms with E-state index in [1.165, 1.54) is 44.9 Å². The zero-order chi connectivity index (χ0) is 17.8. The van der Waals surface area contributed by atoms with Crippen LogP contribution in [0.25, 0.3) is 0 Å². The van der Waals surface area contributed by atoms with Crippen molar-refractivity contribution < 1.29 is 8.42 Å². The zero-order valence-corrected chi connectivity index (χ0v) is 16.1. The predicted octanol–water partition coefficient (Wildman–Crippen LogP) is 5.04. The van der Waals surface area contributed by atoms with Gasteiger partial charge in [0.2, 0.25) is 0 Å². The minimum atomic E-state index is -3.56. The molecular formula is C19H32N2O2S. The molecule has 0 saturated heterocycles. The summed E-state index contributed by atoms with van der Waals surface area (Å²) in [7, 11) is -3.56. The Morgan fingerprint density at radius 2 is 1.62 bits per heavy atom. The van der Waals surface area contributed by atoms with Crippen LogP contribution >= 0.6 is 0 Å². The fraction of sp³-hybridized carbons (Fsp3) is 0.632. The SMILES string of the molecule is CCCCCCCCCC(C)/C=N/NS(=O)(=O)c1ccc(C)cc1. The maximum absolute atomic E-state index is 12.1. The molecule has 1 unspecified atom stereocenters. The van der Waals surface area contributed by atoms with Gasteiger partial charge in [-0.3, -0.25) is 0 Å². The molecule has 1 aromatic rings. The van der Waals surface area contributed by atoms with Crippen LogP contribution < -0.4 is 4.83 Å². The van der Waals surface area contributed by atoms with E-state index < -0.39 is 10.0 Å².